The summed E-state index contributed by atoms with van der Waals surface area (Å²) in [5, 5.41) is 16.4. The van der Waals surface area contributed by atoms with Crippen LogP contribution in [0.5, 0.6) is 0 Å². The number of hydrogen-bond donors (Lipinski definition) is 2. The average Bonchev–Trinajstić information content (AvgIpc) is 3.40. The molecule has 0 radical (unpaired) electrons. The van der Waals surface area contributed by atoms with E-state index in [4.69, 9.17) is 4.74 Å². The maximum Gasteiger partial charge on any atom is 0.190 e. The van der Waals surface area contributed by atoms with Gasteiger partial charge in [-0.15, -0.1) is 34.2 Å². The number of ether oxygens (including phenoxy) is 1. The molecule has 1 heterocycles. The molecule has 7 nitrogen and oxygen atoms in total. The van der Waals surface area contributed by atoms with Crippen LogP contribution in [0.25, 0.3) is 0 Å². The predicted octanol–water partition coefficient (Wildman–Crippen LogP) is 3.19. The molecule has 1 fully saturated rings. The molecule has 0 bridgehead atoms. The molecule has 1 aliphatic carbocycles. The molecule has 1 aromatic rings. The van der Waals surface area contributed by atoms with Gasteiger partial charge in [-0.05, 0) is 43.8 Å². The lowest BCUT2D eigenvalue weighted by atomic mass is 10.2. The highest BCUT2D eigenvalue weighted by atomic mass is 127. The Bertz CT molecular complexity index is 577. The number of hydrogen-bond acceptors (Lipinski definition) is 5. The van der Waals surface area contributed by atoms with Gasteiger partial charge in [0, 0.05) is 46.3 Å². The molecule has 0 unspecified atom stereocenters. The van der Waals surface area contributed by atoms with Gasteiger partial charge >= 0.3 is 0 Å². The lowest BCUT2D eigenvalue weighted by molar-refractivity contribution is 0.123. The minimum atomic E-state index is 0. The van der Waals surface area contributed by atoms with Crippen LogP contribution in [0.4, 0.5) is 0 Å². The van der Waals surface area contributed by atoms with E-state index in [9.17, 15) is 0 Å². The molecular formula is C19H37IN6OS. The van der Waals surface area contributed by atoms with Crippen molar-refractivity contribution >= 4 is 41.7 Å². The second kappa shape index (κ2) is 14.4. The standard InChI is InChI=1S/C19H36N6OS.HI/c1-15(2)13-25-17(23-24-19(25)27-4)7-5-10-21-18(20-3)22-11-6-12-26-14-16-8-9-16;/h15-16H,5-14H2,1-4H3,(H2,20,21,22);1H. The number of thioether (sulfide) groups is 1. The first-order chi connectivity index (χ1) is 13.1. The molecule has 162 valence electrons. The van der Waals surface area contributed by atoms with E-state index < -0.39 is 0 Å². The Morgan fingerprint density at radius 2 is 1.96 bits per heavy atom. The summed E-state index contributed by atoms with van der Waals surface area (Å²) >= 11 is 1.66. The van der Waals surface area contributed by atoms with E-state index in [-0.39, 0.29) is 24.0 Å². The molecule has 28 heavy (non-hydrogen) atoms. The SMILES string of the molecule is CN=C(NCCCOCC1CC1)NCCCc1nnc(SC)n1CC(C)C.I. The second-order valence-electron chi connectivity index (χ2n) is 7.51. The van der Waals surface area contributed by atoms with Gasteiger partial charge in [-0.1, -0.05) is 25.6 Å². The summed E-state index contributed by atoms with van der Waals surface area (Å²) in [6, 6.07) is 0. The summed E-state index contributed by atoms with van der Waals surface area (Å²) < 4.78 is 7.91. The lowest BCUT2D eigenvalue weighted by Gasteiger charge is -2.13. The first-order valence-electron chi connectivity index (χ1n) is 10.1. The highest BCUT2D eigenvalue weighted by Gasteiger charge is 2.20. The zero-order valence-electron chi connectivity index (χ0n) is 17.7. The Balaban J connectivity index is 0.00000392. The minimum Gasteiger partial charge on any atom is -0.381 e. The number of aryl methyl sites for hydroxylation is 1. The lowest BCUT2D eigenvalue weighted by Crippen LogP contribution is -2.38. The molecule has 0 atom stereocenters. The number of rotatable bonds is 13. The Hall–Kier alpha value is -0.550. The second-order valence-corrected chi connectivity index (χ2v) is 8.28. The van der Waals surface area contributed by atoms with Crippen LogP contribution in [0, 0.1) is 11.8 Å². The molecule has 1 aromatic heterocycles. The highest BCUT2D eigenvalue weighted by molar-refractivity contribution is 14.0. The Morgan fingerprint density at radius 3 is 2.57 bits per heavy atom. The summed E-state index contributed by atoms with van der Waals surface area (Å²) in [4.78, 5) is 4.28. The summed E-state index contributed by atoms with van der Waals surface area (Å²) in [6.07, 6.45) is 7.67. The fourth-order valence-electron chi connectivity index (χ4n) is 2.79. The van der Waals surface area contributed by atoms with Crippen molar-refractivity contribution in [3.05, 3.63) is 5.82 Å². The van der Waals surface area contributed by atoms with Crippen LogP contribution in [0.2, 0.25) is 0 Å². The third-order valence-electron chi connectivity index (χ3n) is 4.43. The van der Waals surface area contributed by atoms with Crippen LogP contribution in [0.15, 0.2) is 10.1 Å². The Morgan fingerprint density at radius 1 is 1.25 bits per heavy atom. The molecule has 1 saturated carbocycles. The minimum absolute atomic E-state index is 0. The van der Waals surface area contributed by atoms with Crippen molar-refractivity contribution in [1.82, 2.24) is 25.4 Å². The van der Waals surface area contributed by atoms with E-state index in [1.165, 1.54) is 12.8 Å². The van der Waals surface area contributed by atoms with Gasteiger partial charge in [0.25, 0.3) is 0 Å². The van der Waals surface area contributed by atoms with Crippen molar-refractivity contribution in [1.29, 1.82) is 0 Å². The first-order valence-corrected chi connectivity index (χ1v) is 11.3. The number of nitrogens with one attached hydrogen (secondary N) is 2. The van der Waals surface area contributed by atoms with Crippen LogP contribution in [-0.2, 0) is 17.7 Å². The van der Waals surface area contributed by atoms with Crippen molar-refractivity contribution in [2.45, 2.75) is 57.7 Å². The fraction of sp³-hybridized carbons (Fsp3) is 0.842. The quantitative estimate of drug-likeness (QED) is 0.136. The van der Waals surface area contributed by atoms with Crippen molar-refractivity contribution in [3.63, 3.8) is 0 Å². The van der Waals surface area contributed by atoms with E-state index in [0.717, 1.165) is 75.0 Å². The van der Waals surface area contributed by atoms with Gasteiger partial charge in [-0.25, -0.2) is 0 Å². The average molecular weight is 525 g/mol. The van der Waals surface area contributed by atoms with Crippen LogP contribution in [0.3, 0.4) is 0 Å². The maximum atomic E-state index is 5.65. The van der Waals surface area contributed by atoms with Crippen LogP contribution < -0.4 is 10.6 Å². The topological polar surface area (TPSA) is 76.4 Å². The van der Waals surface area contributed by atoms with Gasteiger partial charge in [0.2, 0.25) is 0 Å². The largest absolute Gasteiger partial charge is 0.381 e. The Kier molecular flexibility index (Phi) is 13.1. The monoisotopic (exact) mass is 524 g/mol. The summed E-state index contributed by atoms with van der Waals surface area (Å²) in [5.41, 5.74) is 0. The van der Waals surface area contributed by atoms with Gasteiger partial charge in [0.15, 0.2) is 11.1 Å². The van der Waals surface area contributed by atoms with Crippen molar-refractivity contribution in [3.8, 4) is 0 Å². The van der Waals surface area contributed by atoms with Crippen LogP contribution in [-0.4, -0.2) is 60.3 Å². The molecule has 1 aliphatic rings. The molecule has 0 aromatic carbocycles. The number of aliphatic imine (C=N–C) groups is 1. The number of halogens is 1. The zero-order valence-corrected chi connectivity index (χ0v) is 20.9. The smallest absolute Gasteiger partial charge is 0.190 e. The third-order valence-corrected chi connectivity index (χ3v) is 5.09. The summed E-state index contributed by atoms with van der Waals surface area (Å²) in [5.74, 6) is 3.35. The molecule has 2 rings (SSSR count). The summed E-state index contributed by atoms with van der Waals surface area (Å²) in [7, 11) is 1.81. The maximum absolute atomic E-state index is 5.65. The number of nitrogens with zero attached hydrogens (tertiary/aromatic N) is 4. The fourth-order valence-corrected chi connectivity index (χ4v) is 3.32. The van der Waals surface area contributed by atoms with E-state index in [2.05, 4.69) is 50.5 Å². The van der Waals surface area contributed by atoms with Gasteiger partial charge in [0.1, 0.15) is 5.82 Å². The van der Waals surface area contributed by atoms with E-state index in [1.54, 1.807) is 11.8 Å². The number of guanidine groups is 1. The van der Waals surface area contributed by atoms with Gasteiger partial charge < -0.3 is 19.9 Å². The van der Waals surface area contributed by atoms with E-state index in [0.29, 0.717) is 5.92 Å². The molecule has 0 aliphatic heterocycles. The molecule has 9 heteroatoms. The van der Waals surface area contributed by atoms with Gasteiger partial charge in [0.05, 0.1) is 0 Å². The molecule has 0 spiro atoms. The first kappa shape index (κ1) is 25.5. The highest BCUT2D eigenvalue weighted by Crippen LogP contribution is 2.28. The predicted molar refractivity (Wildman–Crippen MR) is 128 cm³/mol. The molecular weight excluding hydrogens is 487 g/mol. The molecule has 2 N–H and O–H groups in total. The molecule has 0 amide bonds. The molecule has 0 saturated heterocycles. The van der Waals surface area contributed by atoms with Crippen molar-refractivity contribution < 1.29 is 4.74 Å². The van der Waals surface area contributed by atoms with Crippen LogP contribution >= 0.6 is 35.7 Å². The van der Waals surface area contributed by atoms with Gasteiger partial charge in [-0.3, -0.25) is 4.99 Å². The van der Waals surface area contributed by atoms with Crippen molar-refractivity contribution in [2.24, 2.45) is 16.8 Å². The third kappa shape index (κ3) is 9.78. The normalized spacial score (nSPS) is 14.2. The Labute approximate surface area is 191 Å². The zero-order chi connectivity index (χ0) is 19.5. The van der Waals surface area contributed by atoms with Crippen LogP contribution in [0.1, 0.15) is 45.4 Å². The van der Waals surface area contributed by atoms with E-state index in [1.807, 2.05) is 7.05 Å². The van der Waals surface area contributed by atoms with Crippen molar-refractivity contribution in [2.75, 3.05) is 39.6 Å². The summed E-state index contributed by atoms with van der Waals surface area (Å²) in [6.45, 7) is 8.92. The number of aromatic nitrogens is 3. The van der Waals surface area contributed by atoms with E-state index >= 15 is 0 Å². The van der Waals surface area contributed by atoms with Gasteiger partial charge in [-0.2, -0.15) is 0 Å².